The maximum atomic E-state index is 12.3. The monoisotopic (exact) mass is 414 g/mol. The van der Waals surface area contributed by atoms with Gasteiger partial charge in [0.1, 0.15) is 12.4 Å². The fraction of sp³-hybridized carbons (Fsp3) is 0.167. The Kier molecular flexibility index (Phi) is 6.64. The zero-order chi connectivity index (χ0) is 21.3. The van der Waals surface area contributed by atoms with Crippen LogP contribution in [0, 0.1) is 0 Å². The molecule has 0 fully saturated rings. The molecular weight excluding hydrogens is 392 g/mol. The Balaban J connectivity index is 1.23. The Morgan fingerprint density at radius 3 is 2.74 bits per heavy atom. The predicted molar refractivity (Wildman–Crippen MR) is 116 cm³/mol. The van der Waals surface area contributed by atoms with Crippen molar-refractivity contribution in [1.82, 2.24) is 15.2 Å². The molecule has 0 unspecified atom stereocenters. The molecule has 0 spiro atoms. The van der Waals surface area contributed by atoms with Gasteiger partial charge in [0, 0.05) is 48.1 Å². The van der Waals surface area contributed by atoms with Crippen LogP contribution < -0.4 is 10.1 Å². The van der Waals surface area contributed by atoms with Crippen molar-refractivity contribution in [2.75, 3.05) is 5.32 Å². The summed E-state index contributed by atoms with van der Waals surface area (Å²) in [6, 6.07) is 20.8. The maximum absolute atomic E-state index is 12.3. The van der Waals surface area contributed by atoms with Gasteiger partial charge in [0.25, 0.3) is 0 Å². The minimum atomic E-state index is -0.0767. The number of amides is 1. The van der Waals surface area contributed by atoms with Gasteiger partial charge in [0.15, 0.2) is 0 Å². The lowest BCUT2D eigenvalue weighted by atomic mass is 10.2. The summed E-state index contributed by atoms with van der Waals surface area (Å²) in [7, 11) is 0. The summed E-state index contributed by atoms with van der Waals surface area (Å²) in [5.74, 6) is 1.62. The first kappa shape index (κ1) is 20.3. The number of carbonyl (C=O) groups excluding carboxylic acids is 1. The molecule has 2 aromatic carbocycles. The van der Waals surface area contributed by atoms with Gasteiger partial charge in [-0.2, -0.15) is 0 Å². The molecule has 1 amide bonds. The number of benzene rings is 2. The molecule has 7 nitrogen and oxygen atoms in total. The summed E-state index contributed by atoms with van der Waals surface area (Å²) in [4.78, 5) is 16.4. The molecule has 7 heteroatoms. The van der Waals surface area contributed by atoms with Crippen LogP contribution in [0.3, 0.4) is 0 Å². The highest BCUT2D eigenvalue weighted by Crippen LogP contribution is 2.20. The van der Waals surface area contributed by atoms with Gasteiger partial charge in [-0.25, -0.2) is 0 Å². The Morgan fingerprint density at radius 1 is 1.00 bits per heavy atom. The summed E-state index contributed by atoms with van der Waals surface area (Å²) in [5, 5.41) is 11.0. The Labute approximate surface area is 180 Å². The summed E-state index contributed by atoms with van der Waals surface area (Å²) in [6.45, 7) is 0.417. The van der Waals surface area contributed by atoms with Gasteiger partial charge in [0.05, 0.1) is 0 Å². The van der Waals surface area contributed by atoms with Crippen LogP contribution in [-0.4, -0.2) is 21.1 Å². The van der Waals surface area contributed by atoms with Crippen molar-refractivity contribution in [2.24, 2.45) is 0 Å². The summed E-state index contributed by atoms with van der Waals surface area (Å²) < 4.78 is 11.4. The lowest BCUT2D eigenvalue weighted by molar-refractivity contribution is -0.116. The molecule has 0 bridgehead atoms. The zero-order valence-electron chi connectivity index (χ0n) is 16.9. The van der Waals surface area contributed by atoms with Crippen LogP contribution in [0.1, 0.15) is 24.3 Å². The summed E-state index contributed by atoms with van der Waals surface area (Å²) >= 11 is 0. The molecule has 0 aliphatic heterocycles. The first-order chi connectivity index (χ1) is 15.3. The molecule has 0 aliphatic rings. The second-order valence-electron chi connectivity index (χ2n) is 6.95. The second-order valence-corrected chi connectivity index (χ2v) is 6.95. The molecule has 2 heterocycles. The summed E-state index contributed by atoms with van der Waals surface area (Å²) in [5.41, 5.74) is 2.55. The van der Waals surface area contributed by atoms with Crippen LogP contribution >= 0.6 is 0 Å². The lowest BCUT2D eigenvalue weighted by Gasteiger charge is -2.09. The van der Waals surface area contributed by atoms with E-state index in [1.54, 1.807) is 18.5 Å². The molecule has 2 aromatic heterocycles. The van der Waals surface area contributed by atoms with E-state index in [1.807, 2.05) is 60.7 Å². The molecular formula is C24H22N4O3. The number of hydrogen-bond acceptors (Lipinski definition) is 6. The first-order valence-corrected chi connectivity index (χ1v) is 10.1. The van der Waals surface area contributed by atoms with Crippen molar-refractivity contribution in [3.63, 3.8) is 0 Å². The van der Waals surface area contributed by atoms with Gasteiger partial charge >= 0.3 is 0 Å². The molecule has 0 saturated carbocycles. The average molecular weight is 414 g/mol. The number of pyridine rings is 1. The maximum Gasteiger partial charge on any atom is 0.247 e. The van der Waals surface area contributed by atoms with Crippen molar-refractivity contribution in [1.29, 1.82) is 0 Å². The van der Waals surface area contributed by atoms with Crippen molar-refractivity contribution in [3.05, 3.63) is 90.6 Å². The Morgan fingerprint density at radius 2 is 1.90 bits per heavy atom. The van der Waals surface area contributed by atoms with E-state index < -0.39 is 0 Å². The molecule has 0 radical (unpaired) electrons. The quantitative estimate of drug-likeness (QED) is 0.428. The predicted octanol–water partition coefficient (Wildman–Crippen LogP) is 4.67. The van der Waals surface area contributed by atoms with E-state index in [1.165, 1.54) is 0 Å². The first-order valence-electron chi connectivity index (χ1n) is 10.1. The standard InChI is InChI=1S/C24H22N4O3/c29-22(12-5-13-23-27-28-24(31-23)19-8-2-1-3-9-19)26-20-10-4-11-21(15-20)30-17-18-7-6-14-25-16-18/h1-4,6-11,14-16H,5,12-13,17H2,(H,26,29). The van der Waals surface area contributed by atoms with Gasteiger partial charge in [-0.15, -0.1) is 10.2 Å². The second kappa shape index (κ2) is 10.2. The van der Waals surface area contributed by atoms with Crippen LogP contribution in [-0.2, 0) is 17.8 Å². The minimum Gasteiger partial charge on any atom is -0.489 e. The minimum absolute atomic E-state index is 0.0767. The van der Waals surface area contributed by atoms with E-state index in [0.717, 1.165) is 11.1 Å². The molecule has 31 heavy (non-hydrogen) atoms. The largest absolute Gasteiger partial charge is 0.489 e. The van der Waals surface area contributed by atoms with Crippen molar-refractivity contribution >= 4 is 11.6 Å². The topological polar surface area (TPSA) is 90.1 Å². The van der Waals surface area contributed by atoms with E-state index >= 15 is 0 Å². The van der Waals surface area contributed by atoms with Crippen molar-refractivity contribution < 1.29 is 13.9 Å². The molecule has 4 aromatic rings. The van der Waals surface area contributed by atoms with E-state index in [-0.39, 0.29) is 5.91 Å². The van der Waals surface area contributed by atoms with Crippen molar-refractivity contribution in [3.8, 4) is 17.2 Å². The van der Waals surface area contributed by atoms with Crippen LogP contribution in [0.25, 0.3) is 11.5 Å². The van der Waals surface area contributed by atoms with Crippen molar-refractivity contribution in [2.45, 2.75) is 25.9 Å². The SMILES string of the molecule is O=C(CCCc1nnc(-c2ccccc2)o1)Nc1cccc(OCc2cccnc2)c1. The molecule has 1 N–H and O–H groups in total. The van der Waals surface area contributed by atoms with Crippen LogP contribution in [0.2, 0.25) is 0 Å². The van der Waals surface area contributed by atoms with Crippen LogP contribution in [0.5, 0.6) is 5.75 Å². The third-order valence-electron chi connectivity index (χ3n) is 4.53. The highest BCUT2D eigenvalue weighted by atomic mass is 16.5. The van der Waals surface area contributed by atoms with Gasteiger partial charge in [-0.3, -0.25) is 9.78 Å². The lowest BCUT2D eigenvalue weighted by Crippen LogP contribution is -2.11. The molecule has 0 aliphatic carbocycles. The normalized spacial score (nSPS) is 10.6. The average Bonchev–Trinajstić information content (AvgIpc) is 3.28. The smallest absolute Gasteiger partial charge is 0.247 e. The number of anilines is 1. The number of aryl methyl sites for hydroxylation is 1. The number of nitrogens with zero attached hydrogens (tertiary/aromatic N) is 3. The van der Waals surface area contributed by atoms with Gasteiger partial charge in [0.2, 0.25) is 17.7 Å². The number of ether oxygens (including phenoxy) is 1. The van der Waals surface area contributed by atoms with Crippen LogP contribution in [0.4, 0.5) is 5.69 Å². The third-order valence-corrected chi connectivity index (χ3v) is 4.53. The number of aromatic nitrogens is 3. The molecule has 0 saturated heterocycles. The Bertz CT molecular complexity index is 1110. The Hall–Kier alpha value is -4.00. The van der Waals surface area contributed by atoms with Gasteiger partial charge in [-0.05, 0) is 36.8 Å². The van der Waals surface area contributed by atoms with E-state index in [4.69, 9.17) is 9.15 Å². The van der Waals surface area contributed by atoms with Gasteiger partial charge in [-0.1, -0.05) is 30.3 Å². The highest BCUT2D eigenvalue weighted by Gasteiger charge is 2.10. The van der Waals surface area contributed by atoms with E-state index in [9.17, 15) is 4.79 Å². The zero-order valence-corrected chi connectivity index (χ0v) is 16.9. The van der Waals surface area contributed by atoms with Gasteiger partial charge < -0.3 is 14.5 Å². The summed E-state index contributed by atoms with van der Waals surface area (Å²) in [6.07, 6.45) is 4.99. The third kappa shape index (κ3) is 5.99. The molecule has 0 atom stereocenters. The number of nitrogens with one attached hydrogen (secondary N) is 1. The molecule has 4 rings (SSSR count). The number of rotatable bonds is 9. The fourth-order valence-corrected chi connectivity index (χ4v) is 2.99. The van der Waals surface area contributed by atoms with E-state index in [0.29, 0.717) is 49.1 Å². The highest BCUT2D eigenvalue weighted by molar-refractivity contribution is 5.90. The van der Waals surface area contributed by atoms with E-state index in [2.05, 4.69) is 20.5 Å². The number of carbonyl (C=O) groups is 1. The fourth-order valence-electron chi connectivity index (χ4n) is 2.99. The molecule has 156 valence electrons. The number of hydrogen-bond donors (Lipinski definition) is 1. The van der Waals surface area contributed by atoms with Crippen LogP contribution in [0.15, 0.2) is 83.5 Å².